The molecule has 0 aliphatic carbocycles. The molecular weight excluding hydrogens is 359 g/mol. The molecule has 3 rings (SSSR count). The molecule has 3 heterocycles. The quantitative estimate of drug-likeness (QED) is 0.865. The smallest absolute Gasteiger partial charge is 0.349 e. The Morgan fingerprint density at radius 3 is 2.70 bits per heavy atom. The lowest BCUT2D eigenvalue weighted by Gasteiger charge is -2.35. The maximum absolute atomic E-state index is 12.5. The molecule has 0 saturated carbocycles. The predicted octanol–water partition coefficient (Wildman–Crippen LogP) is 2.66. The van der Waals surface area contributed by atoms with E-state index < -0.39 is 12.7 Å². The molecule has 27 heavy (non-hydrogen) atoms. The van der Waals surface area contributed by atoms with Crippen LogP contribution in [0.15, 0.2) is 37.1 Å². The van der Waals surface area contributed by atoms with Crippen molar-refractivity contribution in [2.75, 3.05) is 19.6 Å². The number of imidazole rings is 1. The summed E-state index contributed by atoms with van der Waals surface area (Å²) in [4.78, 5) is 22.1. The van der Waals surface area contributed by atoms with Gasteiger partial charge in [0, 0.05) is 30.2 Å². The highest BCUT2D eigenvalue weighted by molar-refractivity contribution is 5.94. The summed E-state index contributed by atoms with van der Waals surface area (Å²) in [5.74, 6) is 0.533. The number of pyridine rings is 1. The van der Waals surface area contributed by atoms with Crippen molar-refractivity contribution in [3.8, 4) is 5.82 Å². The van der Waals surface area contributed by atoms with Crippen LogP contribution in [-0.2, 0) is 0 Å². The molecule has 0 radical (unpaired) electrons. The molecule has 1 N–H and O–H groups in total. The van der Waals surface area contributed by atoms with Crippen molar-refractivity contribution in [1.82, 2.24) is 24.8 Å². The number of aromatic nitrogens is 3. The second kappa shape index (κ2) is 8.08. The van der Waals surface area contributed by atoms with Crippen molar-refractivity contribution >= 4 is 5.91 Å². The lowest BCUT2D eigenvalue weighted by atomic mass is 9.90. The molecule has 0 bridgehead atoms. The number of amides is 1. The van der Waals surface area contributed by atoms with Gasteiger partial charge in [0.05, 0.1) is 6.54 Å². The van der Waals surface area contributed by atoms with Crippen LogP contribution in [0.25, 0.3) is 5.82 Å². The van der Waals surface area contributed by atoms with E-state index in [2.05, 4.69) is 15.3 Å². The number of likely N-dealkylation sites (tertiary alicyclic amines) is 1. The lowest BCUT2D eigenvalue weighted by Crippen LogP contribution is -2.46. The number of rotatable bonds is 5. The third-order valence-corrected chi connectivity index (χ3v) is 4.88. The van der Waals surface area contributed by atoms with Crippen LogP contribution in [0.3, 0.4) is 0 Å². The number of carbonyl (C=O) groups is 1. The van der Waals surface area contributed by atoms with Gasteiger partial charge < -0.3 is 5.32 Å². The Labute approximate surface area is 155 Å². The highest BCUT2D eigenvalue weighted by atomic mass is 19.4. The lowest BCUT2D eigenvalue weighted by molar-refractivity contribution is -0.148. The Morgan fingerprint density at radius 2 is 2.07 bits per heavy atom. The minimum Gasteiger partial charge on any atom is -0.349 e. The minimum atomic E-state index is -4.17. The number of hydrogen-bond donors (Lipinski definition) is 1. The van der Waals surface area contributed by atoms with E-state index in [1.165, 1.54) is 4.90 Å². The molecule has 0 aromatic carbocycles. The Kier molecular flexibility index (Phi) is 5.79. The summed E-state index contributed by atoms with van der Waals surface area (Å²) >= 11 is 0. The number of alkyl halides is 3. The molecular formula is C18H22F3N5O. The highest BCUT2D eigenvalue weighted by Gasteiger charge is 2.33. The van der Waals surface area contributed by atoms with Gasteiger partial charge in [-0.05, 0) is 50.9 Å². The minimum absolute atomic E-state index is 0.115. The zero-order valence-corrected chi connectivity index (χ0v) is 15.0. The number of carbonyl (C=O) groups excluding carboxylic acids is 1. The van der Waals surface area contributed by atoms with Gasteiger partial charge in [-0.25, -0.2) is 9.97 Å². The Hall–Kier alpha value is -2.42. The average Bonchev–Trinajstić information content (AvgIpc) is 3.15. The fourth-order valence-electron chi connectivity index (χ4n) is 3.37. The molecule has 1 aliphatic heterocycles. The molecule has 0 spiro atoms. The van der Waals surface area contributed by atoms with Crippen LogP contribution in [0.5, 0.6) is 0 Å². The molecule has 6 nitrogen and oxygen atoms in total. The Morgan fingerprint density at radius 1 is 1.33 bits per heavy atom. The van der Waals surface area contributed by atoms with Crippen LogP contribution in [0.4, 0.5) is 13.2 Å². The van der Waals surface area contributed by atoms with Crippen LogP contribution < -0.4 is 5.32 Å². The highest BCUT2D eigenvalue weighted by Crippen LogP contribution is 2.24. The first-order valence-electron chi connectivity index (χ1n) is 8.86. The molecule has 2 aromatic rings. The molecule has 2 aromatic heterocycles. The first-order chi connectivity index (χ1) is 12.8. The zero-order valence-electron chi connectivity index (χ0n) is 15.0. The van der Waals surface area contributed by atoms with Gasteiger partial charge in [0.1, 0.15) is 12.1 Å². The standard InChI is InChI=1S/C18H22F3N5O/c1-13(14-3-7-25(8-4-14)11-18(19,20)21)24-17(27)15-2-5-23-16(10-15)26-9-6-22-12-26/h2,5-6,9-10,12-14H,3-4,7-8,11H2,1H3,(H,24,27). The van der Waals surface area contributed by atoms with E-state index in [4.69, 9.17) is 0 Å². The molecule has 1 amide bonds. The first kappa shape index (κ1) is 19.3. The van der Waals surface area contributed by atoms with Gasteiger partial charge >= 0.3 is 6.18 Å². The SMILES string of the molecule is CC(NC(=O)c1ccnc(-n2ccnc2)c1)C1CCN(CC(F)(F)F)CC1. The number of nitrogens with zero attached hydrogens (tertiary/aromatic N) is 4. The number of hydrogen-bond acceptors (Lipinski definition) is 4. The molecule has 1 atom stereocenters. The van der Waals surface area contributed by atoms with E-state index in [-0.39, 0.29) is 17.9 Å². The van der Waals surface area contributed by atoms with E-state index in [0.29, 0.717) is 37.3 Å². The second-order valence-corrected chi connectivity index (χ2v) is 6.86. The van der Waals surface area contributed by atoms with Gasteiger partial charge in [-0.2, -0.15) is 13.2 Å². The third kappa shape index (κ3) is 5.29. The number of halogens is 3. The van der Waals surface area contributed by atoms with Crippen molar-refractivity contribution in [3.05, 3.63) is 42.6 Å². The zero-order chi connectivity index (χ0) is 19.4. The fourth-order valence-corrected chi connectivity index (χ4v) is 3.37. The normalized spacial score (nSPS) is 17.6. The molecule has 1 fully saturated rings. The van der Waals surface area contributed by atoms with E-state index in [0.717, 1.165) is 0 Å². The van der Waals surface area contributed by atoms with Gasteiger partial charge in [-0.1, -0.05) is 0 Å². The monoisotopic (exact) mass is 381 g/mol. The summed E-state index contributed by atoms with van der Waals surface area (Å²) in [5, 5.41) is 2.97. The molecule has 146 valence electrons. The third-order valence-electron chi connectivity index (χ3n) is 4.88. The van der Waals surface area contributed by atoms with Crippen LogP contribution in [0, 0.1) is 5.92 Å². The maximum Gasteiger partial charge on any atom is 0.401 e. The van der Waals surface area contributed by atoms with Crippen molar-refractivity contribution in [2.24, 2.45) is 5.92 Å². The topological polar surface area (TPSA) is 63.1 Å². The summed E-state index contributed by atoms with van der Waals surface area (Å²) in [6.07, 6.45) is 3.62. The summed E-state index contributed by atoms with van der Waals surface area (Å²) in [6.45, 7) is 1.82. The van der Waals surface area contributed by atoms with Crippen molar-refractivity contribution in [1.29, 1.82) is 0 Å². The number of piperidine rings is 1. The fraction of sp³-hybridized carbons (Fsp3) is 0.500. The van der Waals surface area contributed by atoms with Crippen LogP contribution >= 0.6 is 0 Å². The second-order valence-electron chi connectivity index (χ2n) is 6.86. The molecule has 1 unspecified atom stereocenters. The molecule has 1 aliphatic rings. The summed E-state index contributed by atoms with van der Waals surface area (Å²) in [6, 6.07) is 3.19. The summed E-state index contributed by atoms with van der Waals surface area (Å²) in [5.41, 5.74) is 0.482. The van der Waals surface area contributed by atoms with Crippen LogP contribution in [0.2, 0.25) is 0 Å². The van der Waals surface area contributed by atoms with Gasteiger partial charge in [-0.3, -0.25) is 14.3 Å². The van der Waals surface area contributed by atoms with Crippen molar-refractivity contribution in [2.45, 2.75) is 32.0 Å². The van der Waals surface area contributed by atoms with E-state index in [1.54, 1.807) is 41.6 Å². The summed E-state index contributed by atoms with van der Waals surface area (Å²) < 4.78 is 39.1. The maximum atomic E-state index is 12.5. The van der Waals surface area contributed by atoms with Gasteiger partial charge in [0.2, 0.25) is 0 Å². The first-order valence-corrected chi connectivity index (χ1v) is 8.86. The van der Waals surface area contributed by atoms with Crippen molar-refractivity contribution < 1.29 is 18.0 Å². The van der Waals surface area contributed by atoms with Crippen LogP contribution in [0.1, 0.15) is 30.1 Å². The number of nitrogens with one attached hydrogen (secondary N) is 1. The van der Waals surface area contributed by atoms with Gasteiger partial charge in [0.25, 0.3) is 5.91 Å². The van der Waals surface area contributed by atoms with Gasteiger partial charge in [-0.15, -0.1) is 0 Å². The van der Waals surface area contributed by atoms with Crippen LogP contribution in [-0.4, -0.2) is 57.2 Å². The van der Waals surface area contributed by atoms with E-state index >= 15 is 0 Å². The van der Waals surface area contributed by atoms with E-state index in [9.17, 15) is 18.0 Å². The summed E-state index contributed by atoms with van der Waals surface area (Å²) in [7, 11) is 0. The molecule has 9 heteroatoms. The Balaban J connectivity index is 1.55. The van der Waals surface area contributed by atoms with Gasteiger partial charge in [0.15, 0.2) is 0 Å². The van der Waals surface area contributed by atoms with E-state index in [1.807, 2.05) is 6.92 Å². The van der Waals surface area contributed by atoms with Crippen molar-refractivity contribution in [3.63, 3.8) is 0 Å². The largest absolute Gasteiger partial charge is 0.401 e. The Bertz CT molecular complexity index is 755. The predicted molar refractivity (Wildman–Crippen MR) is 93.5 cm³/mol. The average molecular weight is 381 g/mol. The molecule has 1 saturated heterocycles.